The Morgan fingerprint density at radius 2 is 2.14 bits per heavy atom. The van der Waals surface area contributed by atoms with Crippen LogP contribution in [-0.4, -0.2) is 48.3 Å². The number of piperidine rings is 1. The molecule has 0 radical (unpaired) electrons. The molecule has 3 aromatic rings. The Labute approximate surface area is 203 Å². The second kappa shape index (κ2) is 10.5. The van der Waals surface area contributed by atoms with Crippen LogP contribution in [0.4, 0.5) is 17.2 Å². The van der Waals surface area contributed by atoms with Gasteiger partial charge in [-0.15, -0.1) is 0 Å². The summed E-state index contributed by atoms with van der Waals surface area (Å²) in [6.45, 7) is 2.88. The molecule has 1 atom stereocenters. The van der Waals surface area contributed by atoms with E-state index in [2.05, 4.69) is 32.0 Å². The van der Waals surface area contributed by atoms with E-state index in [4.69, 9.17) is 9.47 Å². The van der Waals surface area contributed by atoms with Gasteiger partial charge in [-0.3, -0.25) is 9.78 Å². The number of pyridine rings is 2. The van der Waals surface area contributed by atoms with E-state index < -0.39 is 0 Å². The van der Waals surface area contributed by atoms with Crippen molar-refractivity contribution in [1.82, 2.24) is 15.3 Å². The van der Waals surface area contributed by atoms with Gasteiger partial charge in [0.1, 0.15) is 23.7 Å². The molecule has 2 aliphatic heterocycles. The minimum atomic E-state index is -0.211. The van der Waals surface area contributed by atoms with Gasteiger partial charge in [0, 0.05) is 36.3 Å². The molecule has 2 fully saturated rings. The molecule has 0 saturated carbocycles. The van der Waals surface area contributed by atoms with E-state index in [-0.39, 0.29) is 12.0 Å². The summed E-state index contributed by atoms with van der Waals surface area (Å²) in [5, 5.41) is 19.9. The topological polar surface area (TPSA) is 121 Å². The fourth-order valence-electron chi connectivity index (χ4n) is 4.23. The molecule has 178 valence electrons. The van der Waals surface area contributed by atoms with Crippen molar-refractivity contribution < 1.29 is 14.3 Å². The normalized spacial score (nSPS) is 17.6. The van der Waals surface area contributed by atoms with Crippen molar-refractivity contribution in [3.05, 3.63) is 59.9 Å². The Morgan fingerprint density at radius 3 is 2.89 bits per heavy atom. The number of hydrogen-bond donors (Lipinski definition) is 3. The van der Waals surface area contributed by atoms with Gasteiger partial charge in [-0.2, -0.15) is 5.26 Å². The van der Waals surface area contributed by atoms with E-state index in [1.807, 2.05) is 18.2 Å². The number of nitrogens with one attached hydrogen (secondary N) is 3. The van der Waals surface area contributed by atoms with Crippen molar-refractivity contribution >= 4 is 34.0 Å². The molecule has 4 heterocycles. The maximum Gasteiger partial charge on any atom is 0.248 e. The molecule has 2 aromatic heterocycles. The van der Waals surface area contributed by atoms with Gasteiger partial charge in [0.2, 0.25) is 5.91 Å². The molecule has 3 N–H and O–H groups in total. The van der Waals surface area contributed by atoms with Crippen LogP contribution in [0.25, 0.3) is 10.9 Å². The predicted octanol–water partition coefficient (Wildman–Crippen LogP) is 3.66. The maximum absolute atomic E-state index is 12.9. The van der Waals surface area contributed by atoms with Crippen LogP contribution in [0, 0.1) is 11.3 Å². The lowest BCUT2D eigenvalue weighted by molar-refractivity contribution is -0.112. The van der Waals surface area contributed by atoms with Gasteiger partial charge in [0.05, 0.1) is 35.7 Å². The Kier molecular flexibility index (Phi) is 6.84. The Balaban J connectivity index is 1.55. The number of nitrogens with zero attached hydrogens (tertiary/aromatic N) is 3. The van der Waals surface area contributed by atoms with Crippen LogP contribution in [0.2, 0.25) is 0 Å². The first-order valence-corrected chi connectivity index (χ1v) is 11.7. The average molecular weight is 471 g/mol. The summed E-state index contributed by atoms with van der Waals surface area (Å²) >= 11 is 0. The Hall–Kier alpha value is -4.00. The minimum absolute atomic E-state index is 0.102. The van der Waals surface area contributed by atoms with E-state index >= 15 is 0 Å². The molecular formula is C26H26N6O3. The number of anilines is 3. The lowest BCUT2D eigenvalue weighted by atomic mass is 10.0. The van der Waals surface area contributed by atoms with Gasteiger partial charge in [0.25, 0.3) is 0 Å². The van der Waals surface area contributed by atoms with Crippen LogP contribution < -0.4 is 20.7 Å². The van der Waals surface area contributed by atoms with Crippen LogP contribution in [0.1, 0.15) is 24.8 Å². The van der Waals surface area contributed by atoms with E-state index in [9.17, 15) is 10.1 Å². The molecule has 5 rings (SSSR count). The van der Waals surface area contributed by atoms with Gasteiger partial charge in [-0.1, -0.05) is 11.6 Å². The Morgan fingerprint density at radius 1 is 1.26 bits per heavy atom. The van der Waals surface area contributed by atoms with Crippen molar-refractivity contribution in [3.8, 4) is 11.8 Å². The number of benzene rings is 1. The highest BCUT2D eigenvalue weighted by molar-refractivity contribution is 6.05. The first-order valence-electron chi connectivity index (χ1n) is 11.7. The number of amides is 1. The first kappa shape index (κ1) is 22.8. The monoisotopic (exact) mass is 470 g/mol. The highest BCUT2D eigenvalue weighted by atomic mass is 16.5. The first-order chi connectivity index (χ1) is 17.2. The zero-order valence-corrected chi connectivity index (χ0v) is 19.2. The number of nitriles is 1. The van der Waals surface area contributed by atoms with Gasteiger partial charge < -0.3 is 25.4 Å². The molecule has 1 aromatic carbocycles. The van der Waals surface area contributed by atoms with Gasteiger partial charge in [0.15, 0.2) is 0 Å². The summed E-state index contributed by atoms with van der Waals surface area (Å²) < 4.78 is 11.7. The summed E-state index contributed by atoms with van der Waals surface area (Å²) in [6, 6.07) is 11.3. The molecule has 1 unspecified atom stereocenters. The van der Waals surface area contributed by atoms with Crippen molar-refractivity contribution in [2.75, 3.05) is 36.9 Å². The predicted molar refractivity (Wildman–Crippen MR) is 133 cm³/mol. The number of ether oxygens (including phenoxy) is 2. The number of fused-ring (bicyclic) bond motifs is 1. The Bertz CT molecular complexity index is 1290. The summed E-state index contributed by atoms with van der Waals surface area (Å²) in [6.07, 6.45) is 7.24. The number of hydrogen-bond acceptors (Lipinski definition) is 8. The molecule has 9 heteroatoms. The zero-order valence-electron chi connectivity index (χ0n) is 19.2. The number of rotatable bonds is 6. The van der Waals surface area contributed by atoms with Crippen molar-refractivity contribution in [2.24, 2.45) is 0 Å². The maximum atomic E-state index is 12.9. The summed E-state index contributed by atoms with van der Waals surface area (Å²) in [5.74, 6) is 0.907. The van der Waals surface area contributed by atoms with Crippen LogP contribution >= 0.6 is 0 Å². The fraction of sp³-hybridized carbons (Fsp3) is 0.308. The average Bonchev–Trinajstić information content (AvgIpc) is 3.39. The number of carbonyl (C=O) groups is 1. The van der Waals surface area contributed by atoms with Crippen molar-refractivity contribution in [1.29, 1.82) is 5.26 Å². The van der Waals surface area contributed by atoms with Crippen LogP contribution in [0.3, 0.4) is 0 Å². The highest BCUT2D eigenvalue weighted by Gasteiger charge is 2.21. The van der Waals surface area contributed by atoms with Crippen LogP contribution in [0.5, 0.6) is 5.75 Å². The van der Waals surface area contributed by atoms with Crippen molar-refractivity contribution in [2.45, 2.75) is 25.4 Å². The van der Waals surface area contributed by atoms with Crippen molar-refractivity contribution in [3.63, 3.8) is 0 Å². The third-order valence-electron chi connectivity index (χ3n) is 6.03. The molecule has 1 amide bonds. The second-order valence-electron chi connectivity index (χ2n) is 8.51. The molecule has 0 spiro atoms. The van der Waals surface area contributed by atoms with Gasteiger partial charge in [-0.25, -0.2) is 4.98 Å². The minimum Gasteiger partial charge on any atom is -0.486 e. The molecule has 9 nitrogen and oxygen atoms in total. The lowest BCUT2D eigenvalue weighted by Crippen LogP contribution is -2.24. The molecule has 2 aliphatic rings. The largest absolute Gasteiger partial charge is 0.486 e. The fourth-order valence-corrected chi connectivity index (χ4v) is 4.23. The van der Waals surface area contributed by atoms with E-state index in [1.54, 1.807) is 24.4 Å². The van der Waals surface area contributed by atoms with Crippen LogP contribution in [0.15, 0.2) is 54.4 Å². The van der Waals surface area contributed by atoms with Gasteiger partial charge in [-0.05, 0) is 44.1 Å². The number of aromatic nitrogens is 2. The zero-order chi connectivity index (χ0) is 24.0. The van der Waals surface area contributed by atoms with E-state index in [0.29, 0.717) is 52.6 Å². The SMILES string of the molecule is N#Cc1cnc2cc(OC3CCOC3)c(NC(=O)C=C3CCNCC3)cc2c1Nc1ccccn1. The molecule has 35 heavy (non-hydrogen) atoms. The van der Waals surface area contributed by atoms with Gasteiger partial charge >= 0.3 is 0 Å². The summed E-state index contributed by atoms with van der Waals surface area (Å²) in [4.78, 5) is 21.7. The highest BCUT2D eigenvalue weighted by Crippen LogP contribution is 2.37. The standard InChI is InChI=1S/C26H26N6O3/c27-14-18-15-30-21-13-23(35-19-6-10-34-16-19)22(31-25(33)11-17-4-8-28-9-5-17)12-20(21)26(18)32-24-3-1-2-7-29-24/h1-3,7,11-13,15,19,28H,4-6,8-10,16H2,(H,31,33)(H,29,30,32). The molecule has 2 saturated heterocycles. The summed E-state index contributed by atoms with van der Waals surface area (Å²) in [7, 11) is 0. The molecular weight excluding hydrogens is 444 g/mol. The van der Waals surface area contributed by atoms with E-state index in [1.165, 1.54) is 6.20 Å². The van der Waals surface area contributed by atoms with E-state index in [0.717, 1.165) is 37.9 Å². The smallest absolute Gasteiger partial charge is 0.248 e. The molecule has 0 aliphatic carbocycles. The number of carbonyl (C=O) groups excluding carboxylic acids is 1. The lowest BCUT2D eigenvalue weighted by Gasteiger charge is -2.19. The third kappa shape index (κ3) is 5.40. The quantitative estimate of drug-likeness (QED) is 0.467. The van der Waals surface area contributed by atoms with Crippen LogP contribution in [-0.2, 0) is 9.53 Å². The third-order valence-corrected chi connectivity index (χ3v) is 6.03. The molecule has 0 bridgehead atoms. The second-order valence-corrected chi connectivity index (χ2v) is 8.51. The summed E-state index contributed by atoms with van der Waals surface area (Å²) in [5.41, 5.74) is 3.20.